The maximum absolute atomic E-state index is 10.9. The molecule has 20 heavy (non-hydrogen) atoms. The van der Waals surface area contributed by atoms with Crippen molar-refractivity contribution in [3.8, 4) is 5.75 Å². The summed E-state index contributed by atoms with van der Waals surface area (Å²) in [6.45, 7) is 6.20. The summed E-state index contributed by atoms with van der Waals surface area (Å²) in [4.78, 5) is 10.9. The molecule has 0 heterocycles. The van der Waals surface area contributed by atoms with Gasteiger partial charge in [0.2, 0.25) is 0 Å². The number of ether oxygens (including phenoxy) is 1. The fourth-order valence-corrected chi connectivity index (χ4v) is 2.81. The summed E-state index contributed by atoms with van der Waals surface area (Å²) in [6, 6.07) is 8.26. The zero-order valence-corrected chi connectivity index (χ0v) is 12.5. The summed E-state index contributed by atoms with van der Waals surface area (Å²) in [5, 5.41) is 8.98. The van der Waals surface area contributed by atoms with Crippen molar-refractivity contribution >= 4 is 5.97 Å². The van der Waals surface area contributed by atoms with Crippen LogP contribution in [0, 0.1) is 11.8 Å². The van der Waals surface area contributed by atoms with E-state index in [4.69, 9.17) is 9.84 Å². The molecule has 3 nitrogen and oxygen atoms in total. The smallest absolute Gasteiger partial charge is 0.306 e. The molecule has 0 bridgehead atoms. The van der Waals surface area contributed by atoms with E-state index in [1.807, 2.05) is 26.0 Å². The highest BCUT2D eigenvalue weighted by atomic mass is 16.5. The van der Waals surface area contributed by atoms with Gasteiger partial charge in [-0.2, -0.15) is 0 Å². The molecule has 3 heteroatoms. The molecule has 0 amide bonds. The molecule has 1 aliphatic rings. The lowest BCUT2D eigenvalue weighted by Gasteiger charge is -2.16. The first kappa shape index (κ1) is 14.9. The average Bonchev–Trinajstić information content (AvgIpc) is 3.16. The zero-order valence-electron chi connectivity index (χ0n) is 12.5. The molecule has 1 N–H and O–H groups in total. The van der Waals surface area contributed by atoms with Crippen molar-refractivity contribution in [2.45, 2.75) is 52.1 Å². The van der Waals surface area contributed by atoms with Crippen LogP contribution in [0.4, 0.5) is 0 Å². The second-order valence-corrected chi connectivity index (χ2v) is 6.02. The van der Waals surface area contributed by atoms with Crippen molar-refractivity contribution in [1.29, 1.82) is 0 Å². The van der Waals surface area contributed by atoms with E-state index < -0.39 is 5.97 Å². The minimum atomic E-state index is -0.634. The minimum Gasteiger partial charge on any atom is -0.491 e. The quantitative estimate of drug-likeness (QED) is 0.816. The summed E-state index contributed by atoms with van der Waals surface area (Å²) >= 11 is 0. The van der Waals surface area contributed by atoms with Crippen molar-refractivity contribution in [3.63, 3.8) is 0 Å². The molecule has 0 saturated heterocycles. The van der Waals surface area contributed by atoms with Gasteiger partial charge in [0, 0.05) is 0 Å². The molecule has 1 fully saturated rings. The van der Waals surface area contributed by atoms with Crippen LogP contribution in [0.25, 0.3) is 0 Å². The largest absolute Gasteiger partial charge is 0.491 e. The number of rotatable bonds is 7. The molecule has 0 aromatic heterocycles. The van der Waals surface area contributed by atoms with Gasteiger partial charge in [-0.3, -0.25) is 4.79 Å². The molecule has 0 aliphatic heterocycles. The number of hydrogen-bond acceptors (Lipinski definition) is 2. The van der Waals surface area contributed by atoms with E-state index in [0.717, 1.165) is 25.0 Å². The first-order chi connectivity index (χ1) is 9.51. The molecule has 0 radical (unpaired) electrons. The third-order valence-corrected chi connectivity index (χ3v) is 4.04. The summed E-state index contributed by atoms with van der Waals surface area (Å²) in [5.74, 6) is 0.980. The third-order valence-electron chi connectivity index (χ3n) is 4.04. The lowest BCUT2D eigenvalue weighted by Crippen LogP contribution is -2.06. The number of carboxylic acids is 1. The lowest BCUT2D eigenvalue weighted by atomic mass is 9.90. The van der Waals surface area contributed by atoms with Crippen LogP contribution < -0.4 is 4.74 Å². The van der Waals surface area contributed by atoms with Crippen LogP contribution in [0.15, 0.2) is 24.3 Å². The van der Waals surface area contributed by atoms with Crippen LogP contribution >= 0.6 is 0 Å². The molecule has 3 unspecified atom stereocenters. The van der Waals surface area contributed by atoms with E-state index in [9.17, 15) is 4.79 Å². The molecule has 1 aromatic rings. The Morgan fingerprint density at radius 3 is 2.45 bits per heavy atom. The predicted octanol–water partition coefficient (Wildman–Crippen LogP) is 4.08. The van der Waals surface area contributed by atoms with E-state index >= 15 is 0 Å². The van der Waals surface area contributed by atoms with Crippen molar-refractivity contribution in [2.24, 2.45) is 11.8 Å². The number of carbonyl (C=O) groups is 1. The molecule has 0 spiro atoms. The Morgan fingerprint density at radius 1 is 1.35 bits per heavy atom. The minimum absolute atomic E-state index is 0.104. The molecule has 1 saturated carbocycles. The SMILES string of the molecule is CCC(CC1CC1C(=O)O)c1ccc(OC(C)C)cc1. The van der Waals surface area contributed by atoms with E-state index in [0.29, 0.717) is 11.8 Å². The van der Waals surface area contributed by atoms with Crippen molar-refractivity contribution in [1.82, 2.24) is 0 Å². The summed E-state index contributed by atoms with van der Waals surface area (Å²) in [7, 11) is 0. The van der Waals surface area contributed by atoms with Crippen LogP contribution in [0.2, 0.25) is 0 Å². The normalized spacial score (nSPS) is 22.6. The molecule has 1 aliphatic carbocycles. The predicted molar refractivity (Wildman–Crippen MR) is 79.1 cm³/mol. The van der Waals surface area contributed by atoms with Crippen LogP contribution in [0.5, 0.6) is 5.75 Å². The Bertz CT molecular complexity index is 450. The van der Waals surface area contributed by atoms with Crippen molar-refractivity contribution in [2.75, 3.05) is 0 Å². The molecular formula is C17H24O3. The van der Waals surface area contributed by atoms with E-state index in [1.165, 1.54) is 5.56 Å². The van der Waals surface area contributed by atoms with Gasteiger partial charge < -0.3 is 9.84 Å². The summed E-state index contributed by atoms with van der Waals surface area (Å²) < 4.78 is 5.65. The first-order valence-corrected chi connectivity index (χ1v) is 7.50. The van der Waals surface area contributed by atoms with E-state index in [-0.39, 0.29) is 12.0 Å². The van der Waals surface area contributed by atoms with E-state index in [2.05, 4.69) is 19.1 Å². The van der Waals surface area contributed by atoms with Gasteiger partial charge in [0.25, 0.3) is 0 Å². The Balaban J connectivity index is 1.96. The number of aliphatic carboxylic acids is 1. The van der Waals surface area contributed by atoms with Gasteiger partial charge in [-0.25, -0.2) is 0 Å². The Labute approximate surface area is 121 Å². The highest BCUT2D eigenvalue weighted by Crippen LogP contribution is 2.46. The summed E-state index contributed by atoms with van der Waals surface area (Å²) in [6.07, 6.45) is 3.07. The second kappa shape index (κ2) is 6.29. The standard InChI is InChI=1S/C17H24O3/c1-4-12(9-14-10-16(14)17(18)19)13-5-7-15(8-6-13)20-11(2)3/h5-8,11-12,14,16H,4,9-10H2,1-3H3,(H,18,19). The molecule has 2 rings (SSSR count). The topological polar surface area (TPSA) is 46.5 Å². The Morgan fingerprint density at radius 2 is 2.00 bits per heavy atom. The third kappa shape index (κ3) is 3.75. The van der Waals surface area contributed by atoms with Crippen LogP contribution in [-0.4, -0.2) is 17.2 Å². The van der Waals surface area contributed by atoms with Gasteiger partial charge in [-0.15, -0.1) is 0 Å². The number of carboxylic acid groups (broad SMARTS) is 1. The van der Waals surface area contributed by atoms with Gasteiger partial charge in [0.1, 0.15) is 5.75 Å². The molecule has 110 valence electrons. The van der Waals surface area contributed by atoms with Crippen molar-refractivity contribution < 1.29 is 14.6 Å². The number of benzene rings is 1. The fourth-order valence-electron chi connectivity index (χ4n) is 2.81. The van der Waals surface area contributed by atoms with Crippen LogP contribution in [0.3, 0.4) is 0 Å². The summed E-state index contributed by atoms with van der Waals surface area (Å²) in [5.41, 5.74) is 1.29. The molecular weight excluding hydrogens is 252 g/mol. The maximum atomic E-state index is 10.9. The average molecular weight is 276 g/mol. The Hall–Kier alpha value is -1.51. The molecule has 1 aromatic carbocycles. The first-order valence-electron chi connectivity index (χ1n) is 7.50. The van der Waals surface area contributed by atoms with Crippen LogP contribution in [-0.2, 0) is 4.79 Å². The fraction of sp³-hybridized carbons (Fsp3) is 0.588. The lowest BCUT2D eigenvalue weighted by molar-refractivity contribution is -0.138. The second-order valence-electron chi connectivity index (χ2n) is 6.02. The zero-order chi connectivity index (χ0) is 14.7. The van der Waals surface area contributed by atoms with Crippen molar-refractivity contribution in [3.05, 3.63) is 29.8 Å². The highest BCUT2D eigenvalue weighted by molar-refractivity contribution is 5.73. The monoisotopic (exact) mass is 276 g/mol. The van der Waals surface area contributed by atoms with Gasteiger partial charge >= 0.3 is 5.97 Å². The van der Waals surface area contributed by atoms with E-state index in [1.54, 1.807) is 0 Å². The van der Waals surface area contributed by atoms with Gasteiger partial charge in [0.15, 0.2) is 0 Å². The number of hydrogen-bond donors (Lipinski definition) is 1. The van der Waals surface area contributed by atoms with Gasteiger partial charge in [0.05, 0.1) is 12.0 Å². The Kier molecular flexibility index (Phi) is 4.69. The highest BCUT2D eigenvalue weighted by Gasteiger charge is 2.43. The van der Waals surface area contributed by atoms with Gasteiger partial charge in [-0.05, 0) is 62.6 Å². The van der Waals surface area contributed by atoms with Gasteiger partial charge in [-0.1, -0.05) is 19.1 Å². The maximum Gasteiger partial charge on any atom is 0.306 e. The molecule has 3 atom stereocenters. The van der Waals surface area contributed by atoms with Crippen LogP contribution in [0.1, 0.15) is 51.5 Å².